The number of fused-ring (bicyclic) bond motifs is 7. The molecule has 0 fully saturated rings. The lowest BCUT2D eigenvalue weighted by Gasteiger charge is -2.35. The van der Waals surface area contributed by atoms with Crippen molar-refractivity contribution in [2.75, 3.05) is 0 Å². The Morgan fingerprint density at radius 1 is 0.451 bits per heavy atom. The summed E-state index contributed by atoms with van der Waals surface area (Å²) in [5.74, 6) is 0. The zero-order chi connectivity index (χ0) is 33.8. The first-order valence-corrected chi connectivity index (χ1v) is 20.1. The van der Waals surface area contributed by atoms with Crippen LogP contribution in [0.3, 0.4) is 0 Å². The topological polar surface area (TPSA) is 30.7 Å². The average Bonchev–Trinajstić information content (AvgIpc) is 3.75. The molecule has 10 aromatic rings. The lowest BCUT2D eigenvalue weighted by atomic mass is 10.1. The normalized spacial score (nSPS) is 11.9. The van der Waals surface area contributed by atoms with Crippen LogP contribution in [0.2, 0.25) is 0 Å². The van der Waals surface area contributed by atoms with Gasteiger partial charge in [-0.1, -0.05) is 121 Å². The van der Waals surface area contributed by atoms with Gasteiger partial charge in [-0.2, -0.15) is 0 Å². The number of aromatic nitrogens is 3. The van der Waals surface area contributed by atoms with E-state index in [0.717, 1.165) is 22.6 Å². The molecule has 240 valence electrons. The molecule has 0 aliphatic heterocycles. The van der Waals surface area contributed by atoms with Gasteiger partial charge < -0.3 is 0 Å². The number of rotatable bonds is 6. The van der Waals surface area contributed by atoms with Gasteiger partial charge in [0.25, 0.3) is 0 Å². The first-order chi connectivity index (χ1) is 25.3. The molecule has 51 heavy (non-hydrogen) atoms. The van der Waals surface area contributed by atoms with Crippen molar-refractivity contribution in [3.63, 3.8) is 0 Å². The van der Waals surface area contributed by atoms with Gasteiger partial charge in [0.1, 0.15) is 5.65 Å². The fraction of sp³-hybridized carbons (Fsp3) is 0. The maximum atomic E-state index is 5.05. The summed E-state index contributed by atoms with van der Waals surface area (Å²) >= 11 is 1.86. The molecule has 0 unspecified atom stereocenters. The number of thiophene rings is 1. The fourth-order valence-corrected chi connectivity index (χ4v) is 14.0. The smallest absolute Gasteiger partial charge is 0.179 e. The molecule has 4 heterocycles. The van der Waals surface area contributed by atoms with Gasteiger partial charge in [0, 0.05) is 54.6 Å². The molecule has 0 radical (unpaired) electrons. The highest BCUT2D eigenvalue weighted by atomic mass is 32.1. The van der Waals surface area contributed by atoms with E-state index in [1.165, 1.54) is 57.2 Å². The molecule has 0 saturated carbocycles. The van der Waals surface area contributed by atoms with Crippen molar-refractivity contribution in [2.45, 2.75) is 0 Å². The van der Waals surface area contributed by atoms with Crippen molar-refractivity contribution in [1.82, 2.24) is 14.5 Å². The number of pyridine rings is 2. The third-order valence-electron chi connectivity index (χ3n) is 10.2. The van der Waals surface area contributed by atoms with E-state index in [1.54, 1.807) is 0 Å². The van der Waals surface area contributed by atoms with Gasteiger partial charge in [0.2, 0.25) is 0 Å². The quantitative estimate of drug-likeness (QED) is 0.129. The van der Waals surface area contributed by atoms with Gasteiger partial charge in [0.15, 0.2) is 8.07 Å². The van der Waals surface area contributed by atoms with Crippen LogP contribution >= 0.6 is 11.3 Å². The Labute approximate surface area is 300 Å². The van der Waals surface area contributed by atoms with Crippen LogP contribution in [-0.2, 0) is 0 Å². The molecule has 0 spiro atoms. The summed E-state index contributed by atoms with van der Waals surface area (Å²) in [6.07, 6.45) is 3.79. The van der Waals surface area contributed by atoms with E-state index in [-0.39, 0.29) is 0 Å². The SMILES string of the molecule is c1ccc([Si](c2ccccc2)(c2cccc(-c3ccccn3)c2)c2cccc(-n3c4ccc5sc6ccccc6c5c4c4cccnc43)c2)cc1. The minimum Gasteiger partial charge on any atom is -0.294 e. The standard InChI is InChI=1S/C46H31N3SSi/c1-3-16-34(17-4-1)51(35-18-5-2-6-19-35,36-20-11-14-32(30-36)40-24-9-10-28-47-40)37-21-12-15-33(31-37)49-41-26-27-43-45(38-22-7-8-25-42(38)50-43)44(41)39-23-13-29-48-46(39)49/h1-31H. The van der Waals surface area contributed by atoms with Gasteiger partial charge in [-0.05, 0) is 75.3 Å². The highest BCUT2D eigenvalue weighted by molar-refractivity contribution is 7.26. The Kier molecular flexibility index (Phi) is 7.01. The number of hydrogen-bond donors (Lipinski definition) is 0. The van der Waals surface area contributed by atoms with Gasteiger partial charge in [-0.3, -0.25) is 9.55 Å². The van der Waals surface area contributed by atoms with E-state index in [4.69, 9.17) is 9.97 Å². The van der Waals surface area contributed by atoms with Crippen LogP contribution < -0.4 is 20.7 Å². The number of benzene rings is 6. The molecular formula is C46H31N3SSi. The summed E-state index contributed by atoms with van der Waals surface area (Å²) in [7, 11) is -2.87. The minimum atomic E-state index is -2.87. The largest absolute Gasteiger partial charge is 0.294 e. The van der Waals surface area contributed by atoms with Crippen LogP contribution in [0.25, 0.3) is 59.1 Å². The van der Waals surface area contributed by atoms with Crippen molar-refractivity contribution in [3.05, 3.63) is 188 Å². The maximum Gasteiger partial charge on any atom is 0.179 e. The molecule has 0 saturated heterocycles. The average molecular weight is 686 g/mol. The maximum absolute atomic E-state index is 5.05. The molecule has 0 N–H and O–H groups in total. The molecule has 0 aliphatic rings. The Balaban J connectivity index is 1.29. The van der Waals surface area contributed by atoms with E-state index < -0.39 is 8.07 Å². The Hall–Kier alpha value is -6.14. The first kappa shape index (κ1) is 29.7. The predicted octanol–water partition coefficient (Wildman–Crippen LogP) is 8.99. The zero-order valence-corrected chi connectivity index (χ0v) is 29.5. The summed E-state index contributed by atoms with van der Waals surface area (Å²) in [4.78, 5) is 9.79. The molecule has 0 amide bonds. The Morgan fingerprint density at radius 2 is 1.12 bits per heavy atom. The Morgan fingerprint density at radius 3 is 1.90 bits per heavy atom. The zero-order valence-electron chi connectivity index (χ0n) is 27.6. The molecule has 3 nitrogen and oxygen atoms in total. The highest BCUT2D eigenvalue weighted by Crippen LogP contribution is 2.42. The summed E-state index contributed by atoms with van der Waals surface area (Å²) in [6, 6.07) is 64.3. The van der Waals surface area contributed by atoms with Crippen LogP contribution in [0.15, 0.2) is 188 Å². The van der Waals surface area contributed by atoms with Gasteiger partial charge in [0.05, 0.1) is 11.2 Å². The van der Waals surface area contributed by atoms with Crippen LogP contribution in [0, 0.1) is 0 Å². The van der Waals surface area contributed by atoms with Crippen LogP contribution in [0.4, 0.5) is 0 Å². The van der Waals surface area contributed by atoms with Crippen molar-refractivity contribution >= 4 is 82.3 Å². The molecular weight excluding hydrogens is 655 g/mol. The second-order valence-electron chi connectivity index (χ2n) is 13.0. The van der Waals surface area contributed by atoms with Crippen molar-refractivity contribution < 1.29 is 0 Å². The van der Waals surface area contributed by atoms with E-state index in [1.807, 2.05) is 29.8 Å². The minimum absolute atomic E-state index is 0.969. The van der Waals surface area contributed by atoms with Gasteiger partial charge >= 0.3 is 0 Å². The monoisotopic (exact) mass is 685 g/mol. The summed E-state index contributed by atoms with van der Waals surface area (Å²) in [5, 5.41) is 10.3. The first-order valence-electron chi connectivity index (χ1n) is 17.2. The van der Waals surface area contributed by atoms with Crippen LogP contribution in [-0.4, -0.2) is 22.6 Å². The van der Waals surface area contributed by atoms with Gasteiger partial charge in [-0.15, -0.1) is 11.3 Å². The predicted molar refractivity (Wildman–Crippen MR) is 218 cm³/mol. The van der Waals surface area contributed by atoms with E-state index >= 15 is 0 Å². The number of hydrogen-bond acceptors (Lipinski definition) is 3. The summed E-state index contributed by atoms with van der Waals surface area (Å²) in [6.45, 7) is 0. The second-order valence-corrected chi connectivity index (χ2v) is 17.9. The summed E-state index contributed by atoms with van der Waals surface area (Å²) < 4.78 is 4.98. The third kappa shape index (κ3) is 4.63. The number of nitrogens with zero attached hydrogens (tertiary/aromatic N) is 3. The van der Waals surface area contributed by atoms with Crippen molar-refractivity contribution in [3.8, 4) is 16.9 Å². The molecule has 4 aromatic heterocycles. The van der Waals surface area contributed by atoms with Gasteiger partial charge in [-0.25, -0.2) is 4.98 Å². The Bertz CT molecular complexity index is 2820. The molecule has 0 atom stereocenters. The van der Waals surface area contributed by atoms with E-state index in [2.05, 4.69) is 174 Å². The highest BCUT2D eigenvalue weighted by Gasteiger charge is 2.42. The van der Waals surface area contributed by atoms with E-state index in [9.17, 15) is 0 Å². The van der Waals surface area contributed by atoms with Crippen LogP contribution in [0.1, 0.15) is 0 Å². The molecule has 0 aliphatic carbocycles. The lowest BCUT2D eigenvalue weighted by Crippen LogP contribution is -2.74. The molecule has 0 bridgehead atoms. The van der Waals surface area contributed by atoms with E-state index in [0.29, 0.717) is 0 Å². The van der Waals surface area contributed by atoms with Crippen molar-refractivity contribution in [1.29, 1.82) is 0 Å². The fourth-order valence-electron chi connectivity index (χ4n) is 8.11. The molecule has 10 rings (SSSR count). The molecule has 5 heteroatoms. The third-order valence-corrected chi connectivity index (χ3v) is 16.1. The lowest BCUT2D eigenvalue weighted by molar-refractivity contribution is 1.14. The molecule has 6 aromatic carbocycles. The second kappa shape index (κ2) is 12.0. The van der Waals surface area contributed by atoms with Crippen molar-refractivity contribution in [2.24, 2.45) is 0 Å². The van der Waals surface area contributed by atoms with Crippen LogP contribution in [0.5, 0.6) is 0 Å². The summed E-state index contributed by atoms with van der Waals surface area (Å²) in [5.41, 5.74) is 5.33.